The maximum absolute atomic E-state index is 13.2. The Labute approximate surface area is 142 Å². The molecule has 2 heterocycles. The quantitative estimate of drug-likeness (QED) is 0.843. The number of benzene rings is 1. The fourth-order valence-electron chi connectivity index (χ4n) is 3.50. The molecule has 132 valence electrons. The molecule has 0 radical (unpaired) electrons. The molecule has 3 rings (SSSR count). The van der Waals surface area contributed by atoms with Crippen LogP contribution in [0.2, 0.25) is 0 Å². The molecule has 0 aliphatic carbocycles. The van der Waals surface area contributed by atoms with Crippen molar-refractivity contribution in [2.75, 3.05) is 45.9 Å². The molecule has 2 fully saturated rings. The standard InChI is InChI=1S/C18H26FN3O2/c19-17-3-1-2-14(9-17)11-21-18(23)16-8-15(10-20-12-16)13-22-4-6-24-7-5-22/h1-3,9,15-16,20H,4-8,10-13H2,(H,21,23)/t15-,16+/m0/s1. The Bertz CT molecular complexity index is 549. The molecule has 2 saturated heterocycles. The van der Waals surface area contributed by atoms with Gasteiger partial charge in [0.05, 0.1) is 19.1 Å². The van der Waals surface area contributed by atoms with Crippen LogP contribution in [-0.2, 0) is 16.1 Å². The normalized spacial score (nSPS) is 25.4. The smallest absolute Gasteiger partial charge is 0.224 e. The Morgan fingerprint density at radius 1 is 1.33 bits per heavy atom. The van der Waals surface area contributed by atoms with Crippen molar-refractivity contribution in [1.29, 1.82) is 0 Å². The van der Waals surface area contributed by atoms with Gasteiger partial charge in [-0.2, -0.15) is 0 Å². The minimum atomic E-state index is -0.272. The lowest BCUT2D eigenvalue weighted by atomic mass is 9.89. The van der Waals surface area contributed by atoms with Gasteiger partial charge in [-0.15, -0.1) is 0 Å². The fraction of sp³-hybridized carbons (Fsp3) is 0.611. The first-order valence-corrected chi connectivity index (χ1v) is 8.73. The highest BCUT2D eigenvalue weighted by Gasteiger charge is 2.28. The molecule has 0 aromatic heterocycles. The third-order valence-corrected chi connectivity index (χ3v) is 4.79. The van der Waals surface area contributed by atoms with E-state index in [-0.39, 0.29) is 17.6 Å². The highest BCUT2D eigenvalue weighted by Crippen LogP contribution is 2.18. The minimum absolute atomic E-state index is 0.0154. The van der Waals surface area contributed by atoms with Crippen molar-refractivity contribution in [3.05, 3.63) is 35.6 Å². The second kappa shape index (κ2) is 8.55. The van der Waals surface area contributed by atoms with Crippen LogP contribution in [0.3, 0.4) is 0 Å². The van der Waals surface area contributed by atoms with Crippen LogP contribution in [-0.4, -0.2) is 56.7 Å². The summed E-state index contributed by atoms with van der Waals surface area (Å²) in [6, 6.07) is 6.36. The highest BCUT2D eigenvalue weighted by molar-refractivity contribution is 5.79. The number of carbonyl (C=O) groups excluding carboxylic acids is 1. The number of rotatable bonds is 5. The Morgan fingerprint density at radius 2 is 2.17 bits per heavy atom. The van der Waals surface area contributed by atoms with Gasteiger partial charge in [-0.05, 0) is 36.6 Å². The number of hydrogen-bond donors (Lipinski definition) is 2. The molecule has 24 heavy (non-hydrogen) atoms. The van der Waals surface area contributed by atoms with Crippen molar-refractivity contribution in [2.24, 2.45) is 11.8 Å². The summed E-state index contributed by atoms with van der Waals surface area (Å²) < 4.78 is 18.6. The molecule has 0 spiro atoms. The zero-order valence-electron chi connectivity index (χ0n) is 14.0. The molecule has 1 amide bonds. The molecule has 1 aromatic rings. The highest BCUT2D eigenvalue weighted by atomic mass is 19.1. The number of piperidine rings is 1. The number of amides is 1. The van der Waals surface area contributed by atoms with Crippen molar-refractivity contribution in [1.82, 2.24) is 15.5 Å². The molecule has 0 bridgehead atoms. The third-order valence-electron chi connectivity index (χ3n) is 4.79. The van der Waals surface area contributed by atoms with Gasteiger partial charge in [-0.1, -0.05) is 12.1 Å². The van der Waals surface area contributed by atoms with Crippen LogP contribution in [0, 0.1) is 17.7 Å². The number of nitrogens with one attached hydrogen (secondary N) is 2. The van der Waals surface area contributed by atoms with Gasteiger partial charge in [0, 0.05) is 32.7 Å². The lowest BCUT2D eigenvalue weighted by molar-refractivity contribution is -0.126. The first-order valence-electron chi connectivity index (χ1n) is 8.73. The monoisotopic (exact) mass is 335 g/mol. The van der Waals surface area contributed by atoms with E-state index in [1.165, 1.54) is 12.1 Å². The van der Waals surface area contributed by atoms with E-state index in [4.69, 9.17) is 4.74 Å². The Kier molecular flexibility index (Phi) is 6.18. The first-order chi connectivity index (χ1) is 11.7. The Morgan fingerprint density at radius 3 is 2.96 bits per heavy atom. The van der Waals surface area contributed by atoms with Crippen LogP contribution in [0.15, 0.2) is 24.3 Å². The number of halogens is 1. The van der Waals surface area contributed by atoms with Crippen LogP contribution >= 0.6 is 0 Å². The maximum atomic E-state index is 13.2. The summed E-state index contributed by atoms with van der Waals surface area (Å²) >= 11 is 0. The maximum Gasteiger partial charge on any atom is 0.224 e. The van der Waals surface area contributed by atoms with Crippen molar-refractivity contribution in [3.63, 3.8) is 0 Å². The van der Waals surface area contributed by atoms with E-state index in [2.05, 4.69) is 15.5 Å². The van der Waals surface area contributed by atoms with E-state index < -0.39 is 0 Å². The SMILES string of the molecule is O=C(NCc1cccc(F)c1)[C@H]1CNC[C@@H](CN2CCOCC2)C1. The van der Waals surface area contributed by atoms with Gasteiger partial charge in [0.15, 0.2) is 0 Å². The summed E-state index contributed by atoms with van der Waals surface area (Å²) in [7, 11) is 0. The van der Waals surface area contributed by atoms with Gasteiger partial charge < -0.3 is 15.4 Å². The molecule has 2 N–H and O–H groups in total. The lowest BCUT2D eigenvalue weighted by Crippen LogP contribution is -2.48. The molecular formula is C18H26FN3O2. The lowest BCUT2D eigenvalue weighted by Gasteiger charge is -2.34. The minimum Gasteiger partial charge on any atom is -0.379 e. The molecule has 2 atom stereocenters. The zero-order chi connectivity index (χ0) is 16.8. The Balaban J connectivity index is 1.45. The van der Waals surface area contributed by atoms with E-state index in [1.807, 2.05) is 6.07 Å². The molecule has 2 aliphatic heterocycles. The Hall–Kier alpha value is -1.50. The largest absolute Gasteiger partial charge is 0.379 e. The number of carbonyl (C=O) groups is 1. The van der Waals surface area contributed by atoms with Gasteiger partial charge in [-0.3, -0.25) is 9.69 Å². The van der Waals surface area contributed by atoms with Crippen molar-refractivity contribution >= 4 is 5.91 Å². The summed E-state index contributed by atoms with van der Waals surface area (Å²) in [6.45, 7) is 6.64. The predicted molar refractivity (Wildman–Crippen MR) is 90.0 cm³/mol. The van der Waals surface area contributed by atoms with Gasteiger partial charge in [-0.25, -0.2) is 4.39 Å². The number of nitrogens with zero attached hydrogens (tertiary/aromatic N) is 1. The van der Waals surface area contributed by atoms with Crippen molar-refractivity contribution in [3.8, 4) is 0 Å². The zero-order valence-corrected chi connectivity index (χ0v) is 14.0. The molecular weight excluding hydrogens is 309 g/mol. The van der Waals surface area contributed by atoms with E-state index in [0.29, 0.717) is 19.0 Å². The van der Waals surface area contributed by atoms with Crippen LogP contribution in [0.4, 0.5) is 4.39 Å². The summed E-state index contributed by atoms with van der Waals surface area (Å²) in [5, 5.41) is 6.32. The van der Waals surface area contributed by atoms with Gasteiger partial charge >= 0.3 is 0 Å². The number of ether oxygens (including phenoxy) is 1. The third kappa shape index (κ3) is 5.00. The second-order valence-corrected chi connectivity index (χ2v) is 6.72. The molecule has 2 aliphatic rings. The van der Waals surface area contributed by atoms with Gasteiger partial charge in [0.1, 0.15) is 5.82 Å². The molecule has 1 aromatic carbocycles. The fourth-order valence-corrected chi connectivity index (χ4v) is 3.50. The molecule has 6 heteroatoms. The van der Waals surface area contributed by atoms with E-state index in [0.717, 1.165) is 51.4 Å². The van der Waals surface area contributed by atoms with E-state index in [1.54, 1.807) is 6.07 Å². The second-order valence-electron chi connectivity index (χ2n) is 6.72. The average molecular weight is 335 g/mol. The molecule has 0 saturated carbocycles. The summed E-state index contributed by atoms with van der Waals surface area (Å²) in [5.74, 6) is 0.255. The van der Waals surface area contributed by atoms with Crippen molar-refractivity contribution < 1.29 is 13.9 Å². The van der Waals surface area contributed by atoms with Crippen LogP contribution in [0.1, 0.15) is 12.0 Å². The topological polar surface area (TPSA) is 53.6 Å². The molecule has 5 nitrogen and oxygen atoms in total. The summed E-state index contributed by atoms with van der Waals surface area (Å²) in [5.41, 5.74) is 0.789. The van der Waals surface area contributed by atoms with Crippen molar-refractivity contribution in [2.45, 2.75) is 13.0 Å². The van der Waals surface area contributed by atoms with E-state index >= 15 is 0 Å². The number of hydrogen-bond acceptors (Lipinski definition) is 4. The summed E-state index contributed by atoms with van der Waals surface area (Å²) in [4.78, 5) is 14.8. The molecule has 0 unspecified atom stereocenters. The average Bonchev–Trinajstić information content (AvgIpc) is 2.61. The summed E-state index contributed by atoms with van der Waals surface area (Å²) in [6.07, 6.45) is 0.902. The van der Waals surface area contributed by atoms with Crippen LogP contribution in [0.5, 0.6) is 0 Å². The number of morpholine rings is 1. The van der Waals surface area contributed by atoms with Crippen LogP contribution < -0.4 is 10.6 Å². The van der Waals surface area contributed by atoms with Crippen LogP contribution in [0.25, 0.3) is 0 Å². The van der Waals surface area contributed by atoms with Gasteiger partial charge in [0.25, 0.3) is 0 Å². The van der Waals surface area contributed by atoms with E-state index in [9.17, 15) is 9.18 Å². The van der Waals surface area contributed by atoms with Gasteiger partial charge in [0.2, 0.25) is 5.91 Å². The first kappa shape index (κ1) is 17.3. The predicted octanol–water partition coefficient (Wildman–Crippen LogP) is 1.000.